The van der Waals surface area contributed by atoms with E-state index >= 15 is 0 Å². The zero-order valence-electron chi connectivity index (χ0n) is 18.7. The van der Waals surface area contributed by atoms with Gasteiger partial charge in [-0.25, -0.2) is 8.42 Å². The van der Waals surface area contributed by atoms with E-state index in [0.717, 1.165) is 45.4 Å². The van der Waals surface area contributed by atoms with Gasteiger partial charge < -0.3 is 15.1 Å². The van der Waals surface area contributed by atoms with Gasteiger partial charge in [0, 0.05) is 51.0 Å². The molecule has 0 aromatic heterocycles. The van der Waals surface area contributed by atoms with Gasteiger partial charge in [-0.1, -0.05) is 42.5 Å². The van der Waals surface area contributed by atoms with Gasteiger partial charge in [-0.3, -0.25) is 0 Å². The van der Waals surface area contributed by atoms with Crippen molar-refractivity contribution in [3.63, 3.8) is 0 Å². The molecular weight excluding hydrogens is 418 g/mol. The van der Waals surface area contributed by atoms with Gasteiger partial charge in [0.1, 0.15) is 0 Å². The number of anilines is 1. The van der Waals surface area contributed by atoms with Crippen molar-refractivity contribution in [2.45, 2.75) is 25.3 Å². The maximum absolute atomic E-state index is 11.6. The fourth-order valence-electron chi connectivity index (χ4n) is 5.11. The minimum Gasteiger partial charge on any atom is -0.371 e. The lowest BCUT2D eigenvalue weighted by Crippen LogP contribution is -2.47. The summed E-state index contributed by atoms with van der Waals surface area (Å²) in [7, 11) is -2.79. The molecule has 5 rings (SSSR count). The van der Waals surface area contributed by atoms with Crippen LogP contribution in [0.25, 0.3) is 11.6 Å². The van der Waals surface area contributed by atoms with Gasteiger partial charge in [0.2, 0.25) is 0 Å². The van der Waals surface area contributed by atoms with Crippen LogP contribution in [0.5, 0.6) is 0 Å². The first-order valence-corrected chi connectivity index (χ1v) is 13.7. The van der Waals surface area contributed by atoms with Crippen LogP contribution in [0.4, 0.5) is 5.69 Å². The lowest BCUT2D eigenvalue weighted by atomic mass is 10.0. The smallest absolute Gasteiger partial charge is 0.152 e. The van der Waals surface area contributed by atoms with Crippen LogP contribution in [-0.2, 0) is 16.3 Å². The van der Waals surface area contributed by atoms with Crippen LogP contribution < -0.4 is 10.2 Å². The Morgan fingerprint density at radius 2 is 1.72 bits per heavy atom. The van der Waals surface area contributed by atoms with Crippen molar-refractivity contribution in [2.24, 2.45) is 0 Å². The second-order valence-electron chi connectivity index (χ2n) is 9.30. The summed E-state index contributed by atoms with van der Waals surface area (Å²) in [5.41, 5.74) is 6.85. The molecule has 2 aromatic carbocycles. The molecule has 0 atom stereocenters. The average molecular weight is 452 g/mol. The number of benzene rings is 2. The van der Waals surface area contributed by atoms with Crippen molar-refractivity contribution in [1.29, 1.82) is 0 Å². The topological polar surface area (TPSA) is 52.7 Å². The average Bonchev–Trinajstić information content (AvgIpc) is 3.25. The Labute approximate surface area is 192 Å². The second-order valence-corrected chi connectivity index (χ2v) is 11.6. The maximum atomic E-state index is 11.6. The molecule has 0 amide bonds. The molecule has 170 valence electrons. The van der Waals surface area contributed by atoms with Crippen LogP contribution in [0, 0.1) is 0 Å². The van der Waals surface area contributed by atoms with Crippen LogP contribution in [-0.4, -0.2) is 70.1 Å². The van der Waals surface area contributed by atoms with Gasteiger partial charge in [0.05, 0.1) is 11.5 Å². The van der Waals surface area contributed by atoms with Crippen molar-refractivity contribution in [3.8, 4) is 0 Å². The molecule has 5 nitrogen and oxygen atoms in total. The molecule has 2 aliphatic heterocycles. The molecule has 32 heavy (non-hydrogen) atoms. The van der Waals surface area contributed by atoms with E-state index in [2.05, 4.69) is 69.7 Å². The zero-order valence-corrected chi connectivity index (χ0v) is 19.5. The predicted octanol–water partition coefficient (Wildman–Crippen LogP) is 3.07. The third-order valence-corrected chi connectivity index (χ3v) is 8.75. The number of piperidine rings is 1. The number of hydrogen-bond donors (Lipinski definition) is 1. The standard InChI is InChI=1S/C26H33N3O2S/c30-32(31)16-14-28(15-17-32)13-10-27-25-8-11-29(12-9-25)26-7-3-6-23(20-26)24-18-21-4-1-2-5-22(21)19-24/h1-7,18,20,25,27H,8-17,19H2. The van der Waals surface area contributed by atoms with E-state index in [1.54, 1.807) is 0 Å². The number of rotatable bonds is 6. The highest BCUT2D eigenvalue weighted by Gasteiger charge is 2.23. The highest BCUT2D eigenvalue weighted by atomic mass is 32.2. The predicted molar refractivity (Wildman–Crippen MR) is 133 cm³/mol. The normalized spacial score (nSPS) is 21.4. The van der Waals surface area contributed by atoms with E-state index in [-0.39, 0.29) is 0 Å². The number of allylic oxidation sites excluding steroid dienone is 1. The summed E-state index contributed by atoms with van der Waals surface area (Å²) in [5, 5.41) is 3.70. The highest BCUT2D eigenvalue weighted by Crippen LogP contribution is 2.33. The molecule has 2 fully saturated rings. The van der Waals surface area contributed by atoms with E-state index in [1.165, 1.54) is 28.0 Å². The first-order valence-electron chi connectivity index (χ1n) is 11.9. The van der Waals surface area contributed by atoms with Gasteiger partial charge in [-0.15, -0.1) is 0 Å². The Morgan fingerprint density at radius 3 is 2.50 bits per heavy atom. The molecule has 0 saturated carbocycles. The molecular formula is C26H33N3O2S. The minimum atomic E-state index is -2.79. The Morgan fingerprint density at radius 1 is 0.938 bits per heavy atom. The number of sulfone groups is 1. The quantitative estimate of drug-likeness (QED) is 0.732. The van der Waals surface area contributed by atoms with Crippen LogP contribution in [0.2, 0.25) is 0 Å². The second kappa shape index (κ2) is 9.38. The molecule has 2 saturated heterocycles. The summed E-state index contributed by atoms with van der Waals surface area (Å²) in [5.74, 6) is 0.626. The van der Waals surface area contributed by atoms with Gasteiger partial charge in [0.25, 0.3) is 0 Å². The van der Waals surface area contributed by atoms with Crippen molar-refractivity contribution >= 4 is 27.2 Å². The van der Waals surface area contributed by atoms with Crippen molar-refractivity contribution < 1.29 is 8.42 Å². The molecule has 0 radical (unpaired) electrons. The van der Waals surface area contributed by atoms with E-state index in [9.17, 15) is 8.42 Å². The number of hydrogen-bond acceptors (Lipinski definition) is 5. The summed E-state index contributed by atoms with van der Waals surface area (Å²) in [6.45, 7) is 5.38. The lowest BCUT2D eigenvalue weighted by molar-refractivity contribution is 0.283. The molecule has 2 aromatic rings. The SMILES string of the molecule is O=S1(=O)CCN(CCNC2CCN(c3cccc(C4=Cc5ccccc5C4)c3)CC2)CC1. The third-order valence-electron chi connectivity index (χ3n) is 7.14. The summed E-state index contributed by atoms with van der Waals surface area (Å²) >= 11 is 0. The van der Waals surface area contributed by atoms with Crippen molar-refractivity contribution in [2.75, 3.05) is 55.7 Å². The van der Waals surface area contributed by atoms with Gasteiger partial charge in [-0.05, 0) is 53.7 Å². The van der Waals surface area contributed by atoms with E-state index in [0.29, 0.717) is 30.6 Å². The summed E-state index contributed by atoms with van der Waals surface area (Å²) in [6.07, 6.45) is 5.65. The highest BCUT2D eigenvalue weighted by molar-refractivity contribution is 7.91. The molecule has 3 aliphatic rings. The minimum absolute atomic E-state index is 0.313. The van der Waals surface area contributed by atoms with E-state index in [4.69, 9.17) is 0 Å². The monoisotopic (exact) mass is 451 g/mol. The molecule has 0 bridgehead atoms. The maximum Gasteiger partial charge on any atom is 0.152 e. The molecule has 0 unspecified atom stereocenters. The first kappa shape index (κ1) is 21.7. The zero-order chi connectivity index (χ0) is 22.0. The van der Waals surface area contributed by atoms with Gasteiger partial charge >= 0.3 is 0 Å². The van der Waals surface area contributed by atoms with Crippen LogP contribution in [0.1, 0.15) is 29.5 Å². The van der Waals surface area contributed by atoms with Crippen molar-refractivity contribution in [3.05, 3.63) is 65.2 Å². The summed E-state index contributed by atoms with van der Waals surface area (Å²) in [6, 6.07) is 18.3. The molecule has 0 spiro atoms. The molecule has 6 heteroatoms. The first-order chi connectivity index (χ1) is 15.6. The largest absolute Gasteiger partial charge is 0.371 e. The van der Waals surface area contributed by atoms with Crippen molar-refractivity contribution in [1.82, 2.24) is 10.2 Å². The van der Waals surface area contributed by atoms with Gasteiger partial charge in [0.15, 0.2) is 9.84 Å². The fourth-order valence-corrected chi connectivity index (χ4v) is 6.39. The van der Waals surface area contributed by atoms with Crippen LogP contribution in [0.3, 0.4) is 0 Å². The number of nitrogens with one attached hydrogen (secondary N) is 1. The van der Waals surface area contributed by atoms with Crippen LogP contribution in [0.15, 0.2) is 48.5 Å². The van der Waals surface area contributed by atoms with E-state index in [1.807, 2.05) is 0 Å². The fraction of sp³-hybridized carbons (Fsp3) is 0.462. The van der Waals surface area contributed by atoms with Crippen LogP contribution >= 0.6 is 0 Å². The van der Waals surface area contributed by atoms with E-state index < -0.39 is 9.84 Å². The summed E-state index contributed by atoms with van der Waals surface area (Å²) in [4.78, 5) is 4.78. The molecule has 2 heterocycles. The lowest BCUT2D eigenvalue weighted by Gasteiger charge is -2.35. The molecule has 1 N–H and O–H groups in total. The molecule has 1 aliphatic carbocycles. The number of nitrogens with zero attached hydrogens (tertiary/aromatic N) is 2. The Bertz CT molecular complexity index is 1070. The Balaban J connectivity index is 1.10. The van der Waals surface area contributed by atoms with Gasteiger partial charge in [-0.2, -0.15) is 0 Å². The number of fused-ring (bicyclic) bond motifs is 1. The summed E-state index contributed by atoms with van der Waals surface area (Å²) < 4.78 is 23.1. The Kier molecular flexibility index (Phi) is 6.35. The Hall–Kier alpha value is -2.15. The third kappa shape index (κ3) is 5.08.